The second kappa shape index (κ2) is 24.4. The first-order chi connectivity index (χ1) is 55.1. The van der Waals surface area contributed by atoms with Crippen LogP contribution in [-0.4, -0.2) is 18.3 Å². The molecule has 0 atom stereocenters. The summed E-state index contributed by atoms with van der Waals surface area (Å²) in [6, 6.07) is 105. The van der Waals surface area contributed by atoms with E-state index in [0.717, 1.165) is 150 Å². The van der Waals surface area contributed by atoms with E-state index in [1.807, 2.05) is 72.8 Å². The Hall–Kier alpha value is -13.7. The second-order valence-electron chi connectivity index (χ2n) is 28.5. The average Bonchev–Trinajstić information content (AvgIpc) is 1.55. The van der Waals surface area contributed by atoms with Crippen LogP contribution in [0.25, 0.3) is 213 Å². The number of aromatic nitrogens is 4. The Morgan fingerprint density at radius 3 is 0.821 bits per heavy atom. The van der Waals surface area contributed by atoms with Crippen molar-refractivity contribution in [2.45, 2.75) is 0 Å². The highest BCUT2D eigenvalue weighted by Crippen LogP contribution is 2.51. The Labute approximate surface area is 649 Å². The number of para-hydroxylation sites is 4. The normalized spacial score (nSPS) is 12.1. The van der Waals surface area contributed by atoms with Crippen molar-refractivity contribution in [3.8, 4) is 57.1 Å². The van der Waals surface area contributed by atoms with Crippen molar-refractivity contribution in [1.29, 1.82) is 10.5 Å². The molecule has 24 aromatic rings. The van der Waals surface area contributed by atoms with E-state index in [1.165, 1.54) is 53.8 Å². The Morgan fingerprint density at radius 2 is 0.482 bits per heavy atom. The van der Waals surface area contributed by atoms with Crippen molar-refractivity contribution in [2.75, 3.05) is 0 Å². The molecule has 0 saturated carbocycles. The van der Waals surface area contributed by atoms with Crippen LogP contribution in [0.5, 0.6) is 0 Å². The van der Waals surface area contributed by atoms with Crippen LogP contribution in [0.3, 0.4) is 0 Å². The van der Waals surface area contributed by atoms with E-state index < -0.39 is 23.3 Å². The fraction of sp³-hybridized carbons (Fsp3) is 0. The molecule has 0 saturated heterocycles. The molecule has 8 heterocycles. The zero-order chi connectivity index (χ0) is 74.5. The number of rotatable bonds is 6. The molecule has 0 aliphatic rings. The van der Waals surface area contributed by atoms with Crippen LogP contribution in [0.15, 0.2) is 303 Å². The van der Waals surface area contributed by atoms with Crippen LogP contribution in [-0.2, 0) is 0 Å². The van der Waals surface area contributed by atoms with Gasteiger partial charge in [0, 0.05) is 127 Å². The number of fused-ring (bicyclic) bond motifs is 28. The molecule has 6 nitrogen and oxygen atoms in total. The summed E-state index contributed by atoms with van der Waals surface area (Å²) in [4.78, 5) is 0. The van der Waals surface area contributed by atoms with Crippen LogP contribution in [0, 0.1) is 45.9 Å². The summed E-state index contributed by atoms with van der Waals surface area (Å²) in [7, 11) is 0. The van der Waals surface area contributed by atoms with Gasteiger partial charge in [-0.05, 0) is 131 Å². The molecule has 0 aliphatic heterocycles. The van der Waals surface area contributed by atoms with E-state index in [0.29, 0.717) is 56.1 Å². The third kappa shape index (κ3) is 9.32. The molecule has 0 unspecified atom stereocenters. The van der Waals surface area contributed by atoms with Crippen molar-refractivity contribution >= 4 is 213 Å². The Kier molecular flexibility index (Phi) is 14.0. The second-order valence-corrected chi connectivity index (χ2v) is 32.7. The Morgan fingerprint density at radius 1 is 0.223 bits per heavy atom. The quantitative estimate of drug-likeness (QED) is 0.156. The fourth-order valence-corrected chi connectivity index (χ4v) is 22.6. The number of nitrogens with zero attached hydrogens (tertiary/aromatic N) is 6. The highest BCUT2D eigenvalue weighted by molar-refractivity contribution is 7.27. The standard InChI is InChI=1S/2C49H25F2N3S2/c50-29-21-27(22-30(51)25-29)28-23-40(53-38-13-5-1-9-31(38)33-17-19-44-46(48(33)53)35-11-3-7-15-42(35)55-44)37(26-52)41(24-28)54-39-14-6-2-10-32(39)34-18-20-45-47(49(34)54)36-12-4-8-16-43(36)56-45;50-29-21-27(22-30(51)25-29)28-23-42(53-40-13-5-1-9-31(40)35-17-19-37-33-11-3-7-15-44(33)55-48(37)46(35)53)39(26-52)43(24-28)54-41-14-6-2-10-32(41)36-18-20-38-34-12-4-8-16-45(34)56-49(38)47(36)54/h2*1-25H. The zero-order valence-corrected chi connectivity index (χ0v) is 62.0. The van der Waals surface area contributed by atoms with Gasteiger partial charge >= 0.3 is 0 Å². The molecule has 0 bridgehead atoms. The van der Waals surface area contributed by atoms with Crippen molar-refractivity contribution in [1.82, 2.24) is 18.3 Å². The highest BCUT2D eigenvalue weighted by atomic mass is 32.1. The van der Waals surface area contributed by atoms with E-state index in [-0.39, 0.29) is 0 Å². The van der Waals surface area contributed by atoms with Crippen LogP contribution in [0.1, 0.15) is 11.1 Å². The van der Waals surface area contributed by atoms with Gasteiger partial charge in [0.2, 0.25) is 0 Å². The van der Waals surface area contributed by atoms with Crippen LogP contribution < -0.4 is 0 Å². The minimum atomic E-state index is -0.668. The number of nitriles is 2. The van der Waals surface area contributed by atoms with Crippen LogP contribution >= 0.6 is 45.3 Å². The minimum Gasteiger partial charge on any atom is -0.307 e. The molecule has 0 fully saturated rings. The summed E-state index contributed by atoms with van der Waals surface area (Å²) >= 11 is 6.96. The van der Waals surface area contributed by atoms with Gasteiger partial charge in [0.15, 0.2) is 0 Å². The molecule has 8 aromatic heterocycles. The molecule has 0 amide bonds. The molecule has 0 aliphatic carbocycles. The molecule has 112 heavy (non-hydrogen) atoms. The lowest BCUT2D eigenvalue weighted by atomic mass is 9.99. The molecule has 24 rings (SSSR count). The van der Waals surface area contributed by atoms with E-state index in [4.69, 9.17) is 0 Å². The van der Waals surface area contributed by atoms with Gasteiger partial charge in [0.1, 0.15) is 46.5 Å². The van der Waals surface area contributed by atoms with Gasteiger partial charge in [0.25, 0.3) is 0 Å². The summed E-state index contributed by atoms with van der Waals surface area (Å²) in [6.07, 6.45) is 0. The van der Waals surface area contributed by atoms with Gasteiger partial charge in [-0.3, -0.25) is 0 Å². The van der Waals surface area contributed by atoms with Gasteiger partial charge in [-0.2, -0.15) is 10.5 Å². The number of hydrogen-bond acceptors (Lipinski definition) is 6. The molecular formula is C98H50F4N6S4. The summed E-state index contributed by atoms with van der Waals surface area (Å²) in [5, 5.41) is 40.6. The lowest BCUT2D eigenvalue weighted by molar-refractivity contribution is 0.583. The molecular weight excluding hydrogens is 1470 g/mol. The van der Waals surface area contributed by atoms with Crippen LogP contribution in [0.2, 0.25) is 0 Å². The van der Waals surface area contributed by atoms with Gasteiger partial charge in [-0.15, -0.1) is 45.3 Å². The van der Waals surface area contributed by atoms with Crippen molar-refractivity contribution in [3.05, 3.63) is 338 Å². The molecule has 0 N–H and O–H groups in total. The third-order valence-corrected chi connectivity index (χ3v) is 27.1. The lowest BCUT2D eigenvalue weighted by Crippen LogP contribution is -2.05. The van der Waals surface area contributed by atoms with E-state index in [1.54, 1.807) is 45.3 Å². The SMILES string of the molecule is N#Cc1c(-n2c3ccccc3c3ccc4c5ccccc5sc4c32)cc(-c2cc(F)cc(F)c2)cc1-n1c2ccccc2c2ccc3c4ccccc4sc3c21.N#Cc1c(-n2c3ccccc3c3ccc4sc5ccccc5c4c32)cc(-c2cc(F)cc(F)c2)cc1-n1c2ccccc2c2ccc3sc4ccccc4c3c21. The largest absolute Gasteiger partial charge is 0.307 e. The first-order valence-corrected chi connectivity index (χ1v) is 39.8. The predicted octanol–water partition coefficient (Wildman–Crippen LogP) is 28.9. The monoisotopic (exact) mass is 1510 g/mol. The Balaban J connectivity index is 0.000000134. The van der Waals surface area contributed by atoms with Gasteiger partial charge in [-0.1, -0.05) is 182 Å². The lowest BCUT2D eigenvalue weighted by Gasteiger charge is -2.19. The number of thiophene rings is 4. The number of halogens is 4. The molecule has 14 heteroatoms. The fourth-order valence-electron chi connectivity index (χ4n) is 17.9. The summed E-state index contributed by atoms with van der Waals surface area (Å²) in [5.41, 5.74) is 13.1. The maximum absolute atomic E-state index is 15.1. The van der Waals surface area contributed by atoms with Gasteiger partial charge < -0.3 is 18.3 Å². The van der Waals surface area contributed by atoms with Crippen molar-refractivity contribution in [2.24, 2.45) is 0 Å². The first-order valence-electron chi connectivity index (χ1n) is 36.6. The topological polar surface area (TPSA) is 67.3 Å². The van der Waals surface area contributed by atoms with Crippen molar-refractivity contribution in [3.63, 3.8) is 0 Å². The van der Waals surface area contributed by atoms with Gasteiger partial charge in [0.05, 0.1) is 76.3 Å². The van der Waals surface area contributed by atoms with E-state index in [9.17, 15) is 10.5 Å². The summed E-state index contributed by atoms with van der Waals surface area (Å²) < 4.78 is 78.4. The average molecular weight is 1520 g/mol. The predicted molar refractivity (Wildman–Crippen MR) is 462 cm³/mol. The molecule has 16 aromatic carbocycles. The Bertz CT molecular complexity index is 7930. The number of benzene rings is 16. The highest BCUT2D eigenvalue weighted by Gasteiger charge is 2.30. The van der Waals surface area contributed by atoms with Crippen molar-refractivity contribution < 1.29 is 17.6 Å². The number of hydrogen-bond donors (Lipinski definition) is 0. The van der Waals surface area contributed by atoms with Crippen LogP contribution in [0.4, 0.5) is 17.6 Å². The summed E-state index contributed by atoms with van der Waals surface area (Å²) in [5.74, 6) is -2.67. The van der Waals surface area contributed by atoms with E-state index in [2.05, 4.69) is 225 Å². The smallest absolute Gasteiger partial charge is 0.126 e. The zero-order valence-electron chi connectivity index (χ0n) is 58.7. The maximum atomic E-state index is 15.1. The minimum absolute atomic E-state index is 0.383. The third-order valence-electron chi connectivity index (χ3n) is 22.5. The maximum Gasteiger partial charge on any atom is 0.126 e. The molecule has 0 spiro atoms. The molecule has 524 valence electrons. The van der Waals surface area contributed by atoms with E-state index >= 15 is 17.6 Å². The van der Waals surface area contributed by atoms with Gasteiger partial charge in [-0.25, -0.2) is 17.6 Å². The first kappa shape index (κ1) is 64.3. The molecule has 0 radical (unpaired) electrons. The summed E-state index contributed by atoms with van der Waals surface area (Å²) in [6.45, 7) is 0.